The molecule has 0 heterocycles. The summed E-state index contributed by atoms with van der Waals surface area (Å²) in [6.07, 6.45) is 0.308. The predicted octanol–water partition coefficient (Wildman–Crippen LogP) is 5.06. The van der Waals surface area contributed by atoms with Gasteiger partial charge in [-0.15, -0.1) is 0 Å². The number of nitrogens with zero attached hydrogens (tertiary/aromatic N) is 2. The van der Waals surface area contributed by atoms with Crippen LogP contribution < -0.4 is 14.4 Å². The molecule has 0 saturated heterocycles. The minimum atomic E-state index is -4.17. The Labute approximate surface area is 239 Å². The second-order valence-electron chi connectivity index (χ2n) is 8.83. The van der Waals surface area contributed by atoms with Crippen molar-refractivity contribution in [1.82, 2.24) is 10.2 Å². The normalized spacial score (nSPS) is 11.9. The van der Waals surface area contributed by atoms with Gasteiger partial charge in [0.25, 0.3) is 10.0 Å². The van der Waals surface area contributed by atoms with Gasteiger partial charge in [0, 0.05) is 13.6 Å². The lowest BCUT2D eigenvalue weighted by atomic mass is 10.1. The topological polar surface area (TPSA) is 96.0 Å². The Morgan fingerprint density at radius 3 is 2.15 bits per heavy atom. The van der Waals surface area contributed by atoms with Crippen molar-refractivity contribution in [3.8, 4) is 5.75 Å². The van der Waals surface area contributed by atoms with Crippen LogP contribution in [0.3, 0.4) is 0 Å². The summed E-state index contributed by atoms with van der Waals surface area (Å²) < 4.78 is 33.9. The second-order valence-corrected chi connectivity index (χ2v) is 11.5. The Bertz CT molecular complexity index is 1410. The van der Waals surface area contributed by atoms with Crippen LogP contribution in [0, 0.1) is 6.92 Å². The van der Waals surface area contributed by atoms with E-state index in [4.69, 9.17) is 27.9 Å². The standard InChI is InChI=1S/C28H31Cl2N3O5S/c1-5-26(28(35)31-3)32(17-20-8-15-24(29)25(30)16-20)27(34)18-33(21-9-6-19(2)7-10-21)39(36,37)23-13-11-22(38-4)12-14-23/h6-16,26H,5,17-18H2,1-4H3,(H,31,35)/t26-/m0/s1. The molecule has 0 aliphatic carbocycles. The van der Waals surface area contributed by atoms with Gasteiger partial charge in [-0.3, -0.25) is 13.9 Å². The Kier molecular flexibility index (Phi) is 10.2. The molecule has 0 radical (unpaired) electrons. The van der Waals surface area contributed by atoms with Crippen LogP contribution in [-0.2, 0) is 26.2 Å². The SMILES string of the molecule is CC[C@@H](C(=O)NC)N(Cc1ccc(Cl)c(Cl)c1)C(=O)CN(c1ccc(C)cc1)S(=O)(=O)c1ccc(OC)cc1. The fraction of sp³-hybridized carbons (Fsp3) is 0.286. The molecule has 11 heteroatoms. The summed E-state index contributed by atoms with van der Waals surface area (Å²) in [7, 11) is -1.20. The molecule has 0 aliphatic rings. The van der Waals surface area contributed by atoms with E-state index in [1.807, 2.05) is 6.92 Å². The maximum atomic E-state index is 13.9. The Balaban J connectivity index is 2.06. The lowest BCUT2D eigenvalue weighted by molar-refractivity contribution is -0.140. The first-order chi connectivity index (χ1) is 18.5. The van der Waals surface area contributed by atoms with Crippen molar-refractivity contribution in [2.75, 3.05) is 25.0 Å². The molecule has 0 spiro atoms. The molecule has 0 unspecified atom stereocenters. The predicted molar refractivity (Wildman–Crippen MR) is 154 cm³/mol. The largest absolute Gasteiger partial charge is 0.497 e. The summed E-state index contributed by atoms with van der Waals surface area (Å²) in [6.45, 7) is 3.14. The smallest absolute Gasteiger partial charge is 0.264 e. The molecule has 0 bridgehead atoms. The van der Waals surface area contributed by atoms with Crippen LogP contribution in [0.15, 0.2) is 71.6 Å². The third-order valence-electron chi connectivity index (χ3n) is 6.22. The van der Waals surface area contributed by atoms with Gasteiger partial charge in [-0.1, -0.05) is 53.9 Å². The number of carbonyl (C=O) groups is 2. The van der Waals surface area contributed by atoms with E-state index >= 15 is 0 Å². The lowest BCUT2D eigenvalue weighted by Gasteiger charge is -2.33. The van der Waals surface area contributed by atoms with Gasteiger partial charge in [0.15, 0.2) is 0 Å². The monoisotopic (exact) mass is 591 g/mol. The van der Waals surface area contributed by atoms with E-state index in [-0.39, 0.29) is 17.3 Å². The molecule has 0 aromatic heterocycles. The number of anilines is 1. The average molecular weight is 593 g/mol. The maximum Gasteiger partial charge on any atom is 0.264 e. The van der Waals surface area contributed by atoms with Crippen molar-refractivity contribution < 1.29 is 22.7 Å². The van der Waals surface area contributed by atoms with Gasteiger partial charge in [0.2, 0.25) is 11.8 Å². The van der Waals surface area contributed by atoms with Gasteiger partial charge in [-0.2, -0.15) is 0 Å². The minimum Gasteiger partial charge on any atom is -0.497 e. The van der Waals surface area contributed by atoms with Crippen molar-refractivity contribution in [3.05, 3.63) is 87.9 Å². The molecule has 0 fully saturated rings. The van der Waals surface area contributed by atoms with Crippen LogP contribution in [0.1, 0.15) is 24.5 Å². The summed E-state index contributed by atoms with van der Waals surface area (Å²) in [5.41, 5.74) is 1.88. The van der Waals surface area contributed by atoms with E-state index in [0.29, 0.717) is 33.5 Å². The fourth-order valence-electron chi connectivity index (χ4n) is 4.04. The number of amides is 2. The highest BCUT2D eigenvalue weighted by Gasteiger charge is 2.33. The molecule has 2 amide bonds. The van der Waals surface area contributed by atoms with Gasteiger partial charge in [0.05, 0.1) is 27.7 Å². The number of hydrogen-bond acceptors (Lipinski definition) is 5. The fourth-order valence-corrected chi connectivity index (χ4v) is 5.77. The van der Waals surface area contributed by atoms with Gasteiger partial charge < -0.3 is 15.0 Å². The maximum absolute atomic E-state index is 13.9. The van der Waals surface area contributed by atoms with Crippen molar-refractivity contribution in [1.29, 1.82) is 0 Å². The van der Waals surface area contributed by atoms with Crippen molar-refractivity contribution >= 4 is 50.7 Å². The number of ether oxygens (including phenoxy) is 1. The van der Waals surface area contributed by atoms with Crippen molar-refractivity contribution in [2.45, 2.75) is 37.8 Å². The summed E-state index contributed by atoms with van der Waals surface area (Å²) in [5, 5.41) is 3.25. The minimum absolute atomic E-state index is 0.00829. The number of halogens is 2. The first-order valence-electron chi connectivity index (χ1n) is 12.2. The van der Waals surface area contributed by atoms with Gasteiger partial charge in [-0.05, 0) is 67.4 Å². The van der Waals surface area contributed by atoms with Crippen molar-refractivity contribution in [2.24, 2.45) is 0 Å². The lowest BCUT2D eigenvalue weighted by Crippen LogP contribution is -2.51. The average Bonchev–Trinajstić information content (AvgIpc) is 2.93. The number of methoxy groups -OCH3 is 1. The Morgan fingerprint density at radius 1 is 0.974 bits per heavy atom. The number of benzene rings is 3. The zero-order valence-electron chi connectivity index (χ0n) is 22.1. The number of likely N-dealkylation sites (N-methyl/N-ethyl adjacent to an activating group) is 1. The van der Waals surface area contributed by atoms with Crippen LogP contribution in [0.4, 0.5) is 5.69 Å². The molecule has 3 aromatic carbocycles. The van der Waals surface area contributed by atoms with Gasteiger partial charge in [-0.25, -0.2) is 8.42 Å². The first-order valence-corrected chi connectivity index (χ1v) is 14.4. The van der Waals surface area contributed by atoms with Gasteiger partial charge in [0.1, 0.15) is 18.3 Å². The van der Waals surface area contributed by atoms with Crippen molar-refractivity contribution in [3.63, 3.8) is 0 Å². The van der Waals surface area contributed by atoms with Crippen LogP contribution in [0.2, 0.25) is 10.0 Å². The highest BCUT2D eigenvalue weighted by Crippen LogP contribution is 2.27. The van der Waals surface area contributed by atoms with E-state index < -0.39 is 28.5 Å². The van der Waals surface area contributed by atoms with Crippen LogP contribution >= 0.6 is 23.2 Å². The molecule has 8 nitrogen and oxygen atoms in total. The van der Waals surface area contributed by atoms with E-state index in [0.717, 1.165) is 9.87 Å². The van der Waals surface area contributed by atoms with Crippen LogP contribution in [0.5, 0.6) is 5.75 Å². The molecule has 3 aromatic rings. The van der Waals surface area contributed by atoms with E-state index in [1.54, 1.807) is 49.4 Å². The molecular formula is C28H31Cl2N3O5S. The third-order valence-corrected chi connectivity index (χ3v) is 8.74. The molecule has 0 aliphatic heterocycles. The molecule has 39 heavy (non-hydrogen) atoms. The van der Waals surface area contributed by atoms with Crippen LogP contribution in [0.25, 0.3) is 0 Å². The number of carbonyl (C=O) groups excluding carboxylic acids is 2. The summed E-state index contributed by atoms with van der Waals surface area (Å²) in [4.78, 5) is 28.0. The molecule has 1 atom stereocenters. The van der Waals surface area contributed by atoms with Crippen LogP contribution in [-0.4, -0.2) is 51.9 Å². The summed E-state index contributed by atoms with van der Waals surface area (Å²) in [6, 6.07) is 16.8. The zero-order valence-corrected chi connectivity index (χ0v) is 24.5. The van der Waals surface area contributed by atoms with E-state index in [1.165, 1.54) is 43.3 Å². The molecule has 3 rings (SSSR count). The Morgan fingerprint density at radius 2 is 1.62 bits per heavy atom. The highest BCUT2D eigenvalue weighted by molar-refractivity contribution is 7.92. The molecule has 0 saturated carbocycles. The molecule has 208 valence electrons. The summed E-state index contributed by atoms with van der Waals surface area (Å²) in [5.74, 6) is -0.434. The number of nitrogens with one attached hydrogen (secondary N) is 1. The third kappa shape index (κ3) is 7.23. The molecular weight excluding hydrogens is 561 g/mol. The number of rotatable bonds is 11. The number of aryl methyl sites for hydroxylation is 1. The number of hydrogen-bond donors (Lipinski definition) is 1. The number of sulfonamides is 1. The van der Waals surface area contributed by atoms with E-state index in [9.17, 15) is 18.0 Å². The molecule has 1 N–H and O–H groups in total. The zero-order chi connectivity index (χ0) is 28.7. The first kappa shape index (κ1) is 30.3. The highest BCUT2D eigenvalue weighted by atomic mass is 35.5. The quantitative estimate of drug-likeness (QED) is 0.336. The second kappa shape index (κ2) is 13.2. The summed E-state index contributed by atoms with van der Waals surface area (Å²) >= 11 is 12.3. The van der Waals surface area contributed by atoms with Gasteiger partial charge >= 0.3 is 0 Å². The van der Waals surface area contributed by atoms with E-state index in [2.05, 4.69) is 5.32 Å². The Hall–Kier alpha value is -3.27.